The number of anilines is 1. The van der Waals surface area contributed by atoms with Crippen molar-refractivity contribution in [2.75, 3.05) is 5.32 Å². The highest BCUT2D eigenvalue weighted by molar-refractivity contribution is 7.13. The minimum absolute atomic E-state index is 0.343. The van der Waals surface area contributed by atoms with Crippen LogP contribution in [0.1, 0.15) is 38.9 Å². The fourth-order valence-corrected chi connectivity index (χ4v) is 2.33. The van der Waals surface area contributed by atoms with E-state index in [-0.39, 0.29) is 0 Å². The third kappa shape index (κ3) is 3.67. The maximum atomic E-state index is 10.7. The van der Waals surface area contributed by atoms with Gasteiger partial charge < -0.3 is 16.2 Å². The van der Waals surface area contributed by atoms with Crippen molar-refractivity contribution < 1.29 is 9.90 Å². The van der Waals surface area contributed by atoms with Gasteiger partial charge >= 0.3 is 5.97 Å². The van der Waals surface area contributed by atoms with E-state index in [1.807, 2.05) is 0 Å². The van der Waals surface area contributed by atoms with Gasteiger partial charge in [0, 0.05) is 11.4 Å². The van der Waals surface area contributed by atoms with Gasteiger partial charge in [0.1, 0.15) is 6.04 Å². The Bertz CT molecular complexity index is 379. The summed E-state index contributed by atoms with van der Waals surface area (Å²) in [6, 6.07) is -0.698. The van der Waals surface area contributed by atoms with E-state index in [1.54, 1.807) is 5.38 Å². The van der Waals surface area contributed by atoms with Crippen molar-refractivity contribution in [1.29, 1.82) is 0 Å². The first-order valence-electron chi connectivity index (χ1n) is 5.66. The van der Waals surface area contributed by atoms with E-state index in [2.05, 4.69) is 31.1 Å². The summed E-state index contributed by atoms with van der Waals surface area (Å²) in [6.45, 7) is 6.38. The molecule has 2 unspecified atom stereocenters. The molecule has 0 spiro atoms. The zero-order valence-corrected chi connectivity index (χ0v) is 11.1. The van der Waals surface area contributed by atoms with E-state index in [0.29, 0.717) is 17.7 Å². The largest absolute Gasteiger partial charge is 0.480 e. The number of aromatic nitrogens is 1. The van der Waals surface area contributed by atoms with Gasteiger partial charge in [-0.15, -0.1) is 11.3 Å². The summed E-state index contributed by atoms with van der Waals surface area (Å²) in [5.74, 6) is -0.557. The molecule has 0 aromatic carbocycles. The van der Waals surface area contributed by atoms with Crippen LogP contribution >= 0.6 is 11.3 Å². The molecule has 1 heterocycles. The molecule has 0 radical (unpaired) electrons. The van der Waals surface area contributed by atoms with E-state index in [0.717, 1.165) is 11.6 Å². The third-order valence-corrected chi connectivity index (χ3v) is 3.45. The number of carboxylic acid groups (broad SMARTS) is 1. The number of rotatable bonds is 6. The van der Waals surface area contributed by atoms with Crippen LogP contribution in [-0.2, 0) is 4.79 Å². The van der Waals surface area contributed by atoms with Crippen molar-refractivity contribution in [2.45, 2.75) is 39.3 Å². The molecule has 17 heavy (non-hydrogen) atoms. The second kappa shape index (κ2) is 5.97. The highest BCUT2D eigenvalue weighted by Crippen LogP contribution is 2.22. The summed E-state index contributed by atoms with van der Waals surface area (Å²) >= 11 is 1.39. The van der Waals surface area contributed by atoms with Crippen LogP contribution in [0.5, 0.6) is 0 Å². The molecule has 4 N–H and O–H groups in total. The van der Waals surface area contributed by atoms with Gasteiger partial charge in [-0.05, 0) is 12.3 Å². The molecule has 6 heteroatoms. The van der Waals surface area contributed by atoms with Crippen LogP contribution in [0.3, 0.4) is 0 Å². The first-order valence-corrected chi connectivity index (χ1v) is 6.54. The number of nitrogens with two attached hydrogens (primary N) is 1. The molecule has 0 bridgehead atoms. The molecule has 2 atom stereocenters. The monoisotopic (exact) mass is 257 g/mol. The molecule has 0 saturated carbocycles. The predicted molar refractivity (Wildman–Crippen MR) is 69.2 cm³/mol. The van der Waals surface area contributed by atoms with E-state index in [4.69, 9.17) is 10.8 Å². The quantitative estimate of drug-likeness (QED) is 0.726. The SMILES string of the molecule is CCC(Nc1nc(C(N)C(=O)O)cs1)C(C)C. The number of nitrogens with one attached hydrogen (secondary N) is 1. The van der Waals surface area contributed by atoms with Crippen molar-refractivity contribution in [3.8, 4) is 0 Å². The first kappa shape index (κ1) is 13.9. The number of nitrogens with zero attached hydrogens (tertiary/aromatic N) is 1. The lowest BCUT2D eigenvalue weighted by atomic mass is 10.0. The Labute approximate surface area is 105 Å². The Morgan fingerprint density at radius 2 is 2.29 bits per heavy atom. The third-order valence-electron chi connectivity index (χ3n) is 2.66. The van der Waals surface area contributed by atoms with Crippen LogP contribution in [0.25, 0.3) is 0 Å². The number of hydrogen-bond donors (Lipinski definition) is 3. The molecule has 1 aromatic rings. The van der Waals surface area contributed by atoms with Gasteiger partial charge in [0.2, 0.25) is 0 Å². The summed E-state index contributed by atoms with van der Waals surface area (Å²) < 4.78 is 0. The number of carboxylic acids is 1. The van der Waals surface area contributed by atoms with Crippen molar-refractivity contribution >= 4 is 22.4 Å². The lowest BCUT2D eigenvalue weighted by Gasteiger charge is -2.19. The van der Waals surface area contributed by atoms with Gasteiger partial charge in [0.25, 0.3) is 0 Å². The highest BCUT2D eigenvalue weighted by Gasteiger charge is 2.19. The van der Waals surface area contributed by atoms with Crippen LogP contribution in [0.4, 0.5) is 5.13 Å². The van der Waals surface area contributed by atoms with Crippen LogP contribution in [-0.4, -0.2) is 22.1 Å². The van der Waals surface area contributed by atoms with Crippen LogP contribution in [0.2, 0.25) is 0 Å². The Kier molecular flexibility index (Phi) is 4.89. The van der Waals surface area contributed by atoms with Crippen LogP contribution in [0.15, 0.2) is 5.38 Å². The van der Waals surface area contributed by atoms with E-state index >= 15 is 0 Å². The van der Waals surface area contributed by atoms with Crippen LogP contribution < -0.4 is 11.1 Å². The molecule has 0 fully saturated rings. The van der Waals surface area contributed by atoms with E-state index < -0.39 is 12.0 Å². The second-order valence-electron chi connectivity index (χ2n) is 4.30. The molecule has 1 rings (SSSR count). The molecular formula is C11H19N3O2S. The van der Waals surface area contributed by atoms with Gasteiger partial charge in [0.15, 0.2) is 5.13 Å². The summed E-state index contributed by atoms with van der Waals surface area (Å²) in [4.78, 5) is 14.9. The molecule has 0 amide bonds. The smallest absolute Gasteiger partial charge is 0.326 e. The molecular weight excluding hydrogens is 238 g/mol. The van der Waals surface area contributed by atoms with Crippen molar-refractivity contribution in [2.24, 2.45) is 11.7 Å². The average Bonchev–Trinajstić information content (AvgIpc) is 2.72. The zero-order chi connectivity index (χ0) is 13.0. The van der Waals surface area contributed by atoms with E-state index in [9.17, 15) is 4.79 Å². The molecule has 0 aliphatic heterocycles. The lowest BCUT2D eigenvalue weighted by Crippen LogP contribution is -2.25. The van der Waals surface area contributed by atoms with Gasteiger partial charge in [-0.2, -0.15) is 0 Å². The second-order valence-corrected chi connectivity index (χ2v) is 5.15. The highest BCUT2D eigenvalue weighted by atomic mass is 32.1. The topological polar surface area (TPSA) is 88.2 Å². The van der Waals surface area contributed by atoms with Gasteiger partial charge in [0.05, 0.1) is 5.69 Å². The zero-order valence-electron chi connectivity index (χ0n) is 10.3. The van der Waals surface area contributed by atoms with Crippen molar-refractivity contribution in [3.63, 3.8) is 0 Å². The Balaban J connectivity index is 2.71. The van der Waals surface area contributed by atoms with Gasteiger partial charge in [-0.25, -0.2) is 4.98 Å². The minimum atomic E-state index is -1.06. The number of aliphatic carboxylic acids is 1. The fraction of sp³-hybridized carbons (Fsp3) is 0.636. The summed E-state index contributed by atoms with van der Waals surface area (Å²) in [7, 11) is 0. The summed E-state index contributed by atoms with van der Waals surface area (Å²) in [6.07, 6.45) is 0.998. The Morgan fingerprint density at radius 3 is 2.76 bits per heavy atom. The van der Waals surface area contributed by atoms with Crippen LogP contribution in [0, 0.1) is 5.92 Å². The fourth-order valence-electron chi connectivity index (χ4n) is 1.52. The maximum Gasteiger partial charge on any atom is 0.326 e. The number of carbonyl (C=O) groups is 1. The summed E-state index contributed by atoms with van der Waals surface area (Å²) in [5.41, 5.74) is 5.90. The first-order chi connectivity index (χ1) is 7.95. The summed E-state index contributed by atoms with van der Waals surface area (Å²) in [5, 5.41) is 14.5. The lowest BCUT2D eigenvalue weighted by molar-refractivity contribution is -0.138. The molecule has 5 nitrogen and oxygen atoms in total. The maximum absolute atomic E-state index is 10.7. The van der Waals surface area contributed by atoms with Gasteiger partial charge in [-0.3, -0.25) is 4.79 Å². The normalized spacial score (nSPS) is 14.6. The Hall–Kier alpha value is -1.14. The van der Waals surface area contributed by atoms with Crippen molar-refractivity contribution in [1.82, 2.24) is 4.98 Å². The number of thiazole rings is 1. The molecule has 0 aliphatic rings. The molecule has 96 valence electrons. The predicted octanol–water partition coefficient (Wildman–Crippen LogP) is 2.07. The molecule has 1 aromatic heterocycles. The average molecular weight is 257 g/mol. The molecule has 0 saturated heterocycles. The van der Waals surface area contributed by atoms with Gasteiger partial charge in [-0.1, -0.05) is 20.8 Å². The number of hydrogen-bond acceptors (Lipinski definition) is 5. The van der Waals surface area contributed by atoms with E-state index in [1.165, 1.54) is 11.3 Å². The van der Waals surface area contributed by atoms with Crippen molar-refractivity contribution in [3.05, 3.63) is 11.1 Å². The minimum Gasteiger partial charge on any atom is -0.480 e. The standard InChI is InChI=1S/C11H19N3O2S/c1-4-7(6(2)3)13-11-14-8(5-17-11)9(12)10(15)16/h5-7,9H,4,12H2,1-3H3,(H,13,14)(H,15,16). The Morgan fingerprint density at radius 1 is 1.65 bits per heavy atom. The molecule has 0 aliphatic carbocycles.